The normalized spacial score (nSPS) is 27.1. The van der Waals surface area contributed by atoms with Gasteiger partial charge in [0.1, 0.15) is 18.2 Å². The van der Waals surface area contributed by atoms with E-state index in [2.05, 4.69) is 4.74 Å². The second-order valence-electron chi connectivity index (χ2n) is 6.16. The molecule has 7 heteroatoms. The van der Waals surface area contributed by atoms with Crippen LogP contribution in [0, 0.1) is 5.92 Å². The molecule has 1 aromatic rings. The Balaban J connectivity index is 2.19. The lowest BCUT2D eigenvalue weighted by Gasteiger charge is -2.30. The van der Waals surface area contributed by atoms with E-state index in [0.717, 1.165) is 5.56 Å². The highest BCUT2D eigenvalue weighted by Crippen LogP contribution is 2.22. The first-order chi connectivity index (χ1) is 12.5. The highest BCUT2D eigenvalue weighted by atomic mass is 16.6. The molecule has 1 aromatic carbocycles. The van der Waals surface area contributed by atoms with Crippen LogP contribution in [0.25, 0.3) is 0 Å². The molecule has 1 saturated heterocycles. The first kappa shape index (κ1) is 19.9. The average molecular weight is 363 g/mol. The number of carbonyl (C=O) groups excluding carboxylic acids is 2. The van der Waals surface area contributed by atoms with E-state index >= 15 is 0 Å². The highest BCUT2D eigenvalue weighted by Gasteiger charge is 2.34. The molecule has 142 valence electrons. The maximum Gasteiger partial charge on any atom is 0.333 e. The van der Waals surface area contributed by atoms with Crippen LogP contribution in [0.1, 0.15) is 12.5 Å². The summed E-state index contributed by atoms with van der Waals surface area (Å²) in [6, 6.07) is 9.04. The number of hydrogen-bond donors (Lipinski definition) is 1. The van der Waals surface area contributed by atoms with E-state index in [0.29, 0.717) is 13.0 Å². The van der Waals surface area contributed by atoms with E-state index in [1.54, 1.807) is 6.92 Å². The molecule has 0 amide bonds. The fourth-order valence-electron chi connectivity index (χ4n) is 2.80. The van der Waals surface area contributed by atoms with Crippen molar-refractivity contribution in [3.63, 3.8) is 0 Å². The maximum absolute atomic E-state index is 12.0. The van der Waals surface area contributed by atoms with E-state index in [1.807, 2.05) is 30.3 Å². The number of esters is 2. The van der Waals surface area contributed by atoms with Gasteiger partial charge in [-0.2, -0.15) is 0 Å². The summed E-state index contributed by atoms with van der Waals surface area (Å²) in [4.78, 5) is 23.3. The SMILES string of the molecule is COC(=O)/C=C/O[C@@H]1[C@@H](Cc2ccccc2)COC[C@H](N)C(=O)O[C@H]1C. The van der Waals surface area contributed by atoms with Gasteiger partial charge in [-0.15, -0.1) is 0 Å². The summed E-state index contributed by atoms with van der Waals surface area (Å²) in [6.07, 6.45) is 2.02. The molecule has 7 nitrogen and oxygen atoms in total. The van der Waals surface area contributed by atoms with E-state index in [1.165, 1.54) is 19.4 Å². The van der Waals surface area contributed by atoms with Crippen LogP contribution in [-0.2, 0) is 35.0 Å². The van der Waals surface area contributed by atoms with Crippen LogP contribution < -0.4 is 5.73 Å². The first-order valence-electron chi connectivity index (χ1n) is 8.49. The van der Waals surface area contributed by atoms with E-state index in [9.17, 15) is 9.59 Å². The molecule has 4 atom stereocenters. The van der Waals surface area contributed by atoms with Gasteiger partial charge in [0.2, 0.25) is 0 Å². The molecule has 0 unspecified atom stereocenters. The van der Waals surface area contributed by atoms with Gasteiger partial charge in [0, 0.05) is 5.92 Å². The fourth-order valence-corrected chi connectivity index (χ4v) is 2.80. The van der Waals surface area contributed by atoms with E-state index < -0.39 is 30.2 Å². The summed E-state index contributed by atoms with van der Waals surface area (Å²) >= 11 is 0. The van der Waals surface area contributed by atoms with Crippen LogP contribution in [-0.4, -0.2) is 50.5 Å². The van der Waals surface area contributed by atoms with Crippen molar-refractivity contribution in [1.82, 2.24) is 0 Å². The zero-order valence-electron chi connectivity index (χ0n) is 15.0. The molecule has 0 radical (unpaired) electrons. The van der Waals surface area contributed by atoms with Crippen molar-refractivity contribution in [3.05, 3.63) is 48.2 Å². The number of ether oxygens (including phenoxy) is 4. The molecule has 1 heterocycles. The summed E-state index contributed by atoms with van der Waals surface area (Å²) in [5.41, 5.74) is 6.87. The van der Waals surface area contributed by atoms with Crippen molar-refractivity contribution in [2.24, 2.45) is 11.7 Å². The quantitative estimate of drug-likeness (QED) is 0.477. The van der Waals surface area contributed by atoms with Gasteiger partial charge >= 0.3 is 11.9 Å². The summed E-state index contributed by atoms with van der Waals surface area (Å²) in [7, 11) is 1.28. The van der Waals surface area contributed by atoms with Crippen LogP contribution in [0.2, 0.25) is 0 Å². The number of nitrogens with two attached hydrogens (primary N) is 1. The largest absolute Gasteiger partial charge is 0.494 e. The topological polar surface area (TPSA) is 97.1 Å². The molecular weight excluding hydrogens is 338 g/mol. The molecular formula is C19H25NO6. The number of rotatable bonds is 5. The molecule has 1 aliphatic heterocycles. The van der Waals surface area contributed by atoms with Crippen molar-refractivity contribution < 1.29 is 28.5 Å². The molecule has 0 bridgehead atoms. The Labute approximate surface area is 153 Å². The third-order valence-corrected chi connectivity index (χ3v) is 4.14. The Morgan fingerprint density at radius 3 is 2.73 bits per heavy atom. The average Bonchev–Trinajstić information content (AvgIpc) is 2.68. The standard InChI is InChI=1S/C19H25NO6/c1-13-18(25-9-8-17(21)23-2)15(10-14-6-4-3-5-7-14)11-24-12-16(20)19(22)26-13/h3-9,13,15-16,18H,10-12,20H2,1-2H3/b9-8+/t13-,15-,16-,18-/m0/s1. The number of carbonyl (C=O) groups is 2. The predicted molar refractivity (Wildman–Crippen MR) is 94.0 cm³/mol. The second-order valence-corrected chi connectivity index (χ2v) is 6.16. The number of hydrogen-bond acceptors (Lipinski definition) is 7. The second kappa shape index (κ2) is 9.94. The third-order valence-electron chi connectivity index (χ3n) is 4.14. The third kappa shape index (κ3) is 5.86. The molecule has 26 heavy (non-hydrogen) atoms. The highest BCUT2D eigenvalue weighted by molar-refractivity contribution is 5.81. The molecule has 1 aliphatic rings. The zero-order chi connectivity index (χ0) is 18.9. The molecule has 2 rings (SSSR count). The van der Waals surface area contributed by atoms with Crippen LogP contribution in [0.15, 0.2) is 42.7 Å². The Hall–Kier alpha value is -2.38. The van der Waals surface area contributed by atoms with Crippen LogP contribution in [0.3, 0.4) is 0 Å². The predicted octanol–water partition coefficient (Wildman–Crippen LogP) is 1.21. The zero-order valence-corrected chi connectivity index (χ0v) is 15.0. The molecule has 0 aliphatic carbocycles. The molecule has 1 fully saturated rings. The molecule has 0 spiro atoms. The lowest BCUT2D eigenvalue weighted by atomic mass is 9.91. The van der Waals surface area contributed by atoms with Crippen LogP contribution >= 0.6 is 0 Å². The van der Waals surface area contributed by atoms with E-state index in [-0.39, 0.29) is 12.5 Å². The smallest absolute Gasteiger partial charge is 0.333 e. The minimum atomic E-state index is -0.834. The van der Waals surface area contributed by atoms with Gasteiger partial charge in [-0.25, -0.2) is 4.79 Å². The van der Waals surface area contributed by atoms with Crippen LogP contribution in [0.4, 0.5) is 0 Å². The van der Waals surface area contributed by atoms with Gasteiger partial charge in [-0.1, -0.05) is 30.3 Å². The van der Waals surface area contributed by atoms with Gasteiger partial charge in [0.25, 0.3) is 0 Å². The molecule has 0 aromatic heterocycles. The minimum absolute atomic E-state index is 0.0849. The van der Waals surface area contributed by atoms with Gasteiger partial charge < -0.3 is 24.7 Å². The number of benzene rings is 1. The van der Waals surface area contributed by atoms with Gasteiger partial charge in [-0.05, 0) is 18.9 Å². The van der Waals surface area contributed by atoms with Gasteiger partial charge in [0.15, 0.2) is 0 Å². The van der Waals surface area contributed by atoms with Crippen molar-refractivity contribution >= 4 is 11.9 Å². The van der Waals surface area contributed by atoms with Crippen molar-refractivity contribution in [2.45, 2.75) is 31.6 Å². The van der Waals surface area contributed by atoms with Gasteiger partial charge in [-0.3, -0.25) is 4.79 Å². The molecule has 0 saturated carbocycles. The summed E-state index contributed by atoms with van der Waals surface area (Å²) in [5, 5.41) is 0. The van der Waals surface area contributed by atoms with Crippen molar-refractivity contribution in [1.29, 1.82) is 0 Å². The van der Waals surface area contributed by atoms with Crippen LogP contribution in [0.5, 0.6) is 0 Å². The monoisotopic (exact) mass is 363 g/mol. The Morgan fingerprint density at radius 1 is 1.31 bits per heavy atom. The Morgan fingerprint density at radius 2 is 2.04 bits per heavy atom. The van der Waals surface area contributed by atoms with Gasteiger partial charge in [0.05, 0.1) is 32.7 Å². The van der Waals surface area contributed by atoms with E-state index in [4.69, 9.17) is 19.9 Å². The Bertz CT molecular complexity index is 618. The summed E-state index contributed by atoms with van der Waals surface area (Å²) in [6.45, 7) is 2.17. The minimum Gasteiger partial charge on any atom is -0.494 e. The summed E-state index contributed by atoms with van der Waals surface area (Å²) in [5.74, 6) is -1.17. The van der Waals surface area contributed by atoms with Crippen molar-refractivity contribution in [2.75, 3.05) is 20.3 Å². The number of methoxy groups -OCH3 is 1. The first-order valence-corrected chi connectivity index (χ1v) is 8.49. The van der Waals surface area contributed by atoms with Crippen molar-refractivity contribution in [3.8, 4) is 0 Å². The summed E-state index contributed by atoms with van der Waals surface area (Å²) < 4.78 is 21.4. The fraction of sp³-hybridized carbons (Fsp3) is 0.474. The maximum atomic E-state index is 12.0. The Kier molecular flexibility index (Phi) is 7.62. The number of cyclic esters (lactones) is 1. The lowest BCUT2D eigenvalue weighted by Crippen LogP contribution is -2.41. The molecule has 2 N–H and O–H groups in total. The lowest BCUT2D eigenvalue weighted by molar-refractivity contribution is -0.156.